The van der Waals surface area contributed by atoms with Crippen molar-refractivity contribution in [3.63, 3.8) is 0 Å². The topological polar surface area (TPSA) is 111 Å². The summed E-state index contributed by atoms with van der Waals surface area (Å²) in [5, 5.41) is 5.12. The van der Waals surface area contributed by atoms with E-state index in [0.29, 0.717) is 6.42 Å². The van der Waals surface area contributed by atoms with E-state index in [1.165, 1.54) is 6.92 Å². The van der Waals surface area contributed by atoms with E-state index in [0.717, 1.165) is 0 Å². The van der Waals surface area contributed by atoms with Crippen LogP contribution in [0.4, 0.5) is 0 Å². The van der Waals surface area contributed by atoms with E-state index in [9.17, 15) is 19.2 Å². The molecule has 8 heteroatoms. The summed E-state index contributed by atoms with van der Waals surface area (Å²) in [5.41, 5.74) is -0.252. The molecule has 0 bridgehead atoms. The second-order valence-corrected chi connectivity index (χ2v) is 6.49. The van der Waals surface area contributed by atoms with Crippen molar-refractivity contribution in [1.29, 1.82) is 0 Å². The van der Waals surface area contributed by atoms with Crippen LogP contribution < -0.4 is 10.6 Å². The highest BCUT2D eigenvalue weighted by molar-refractivity contribution is 5.87. The van der Waals surface area contributed by atoms with Crippen molar-refractivity contribution in [2.45, 2.75) is 47.0 Å². The smallest absolute Gasteiger partial charge is 0.333 e. The Bertz CT molecular complexity index is 528. The molecule has 0 aliphatic carbocycles. The minimum absolute atomic E-state index is 0.0168. The molecule has 0 unspecified atom stereocenters. The Kier molecular flexibility index (Phi) is 10.9. The van der Waals surface area contributed by atoms with Crippen LogP contribution in [0.15, 0.2) is 12.2 Å². The Morgan fingerprint density at radius 1 is 0.923 bits per heavy atom. The van der Waals surface area contributed by atoms with Gasteiger partial charge < -0.3 is 20.1 Å². The Morgan fingerprint density at radius 3 is 1.81 bits per heavy atom. The number of esters is 2. The van der Waals surface area contributed by atoms with Gasteiger partial charge in [-0.2, -0.15) is 0 Å². The van der Waals surface area contributed by atoms with E-state index in [2.05, 4.69) is 17.2 Å². The summed E-state index contributed by atoms with van der Waals surface area (Å²) in [5.74, 6) is -1.44. The summed E-state index contributed by atoms with van der Waals surface area (Å²) < 4.78 is 9.92. The van der Waals surface area contributed by atoms with Crippen molar-refractivity contribution in [2.24, 2.45) is 5.41 Å². The summed E-state index contributed by atoms with van der Waals surface area (Å²) >= 11 is 0. The van der Waals surface area contributed by atoms with Gasteiger partial charge in [-0.1, -0.05) is 13.5 Å². The molecule has 0 heterocycles. The third kappa shape index (κ3) is 10.5. The van der Waals surface area contributed by atoms with E-state index in [4.69, 9.17) is 9.47 Å². The second kappa shape index (κ2) is 12.1. The normalized spacial score (nSPS) is 10.6. The molecule has 0 saturated heterocycles. The maximum atomic E-state index is 11.7. The van der Waals surface area contributed by atoms with Crippen molar-refractivity contribution in [2.75, 3.05) is 26.3 Å². The summed E-state index contributed by atoms with van der Waals surface area (Å²) in [6.07, 6.45) is 0.703. The van der Waals surface area contributed by atoms with Gasteiger partial charge in [0.1, 0.15) is 13.2 Å². The highest BCUT2D eigenvalue weighted by atomic mass is 16.5. The minimum Gasteiger partial charge on any atom is -0.463 e. The molecule has 148 valence electrons. The largest absolute Gasteiger partial charge is 0.463 e. The molecular formula is C18H30N2O6. The third-order valence-electron chi connectivity index (χ3n) is 3.68. The van der Waals surface area contributed by atoms with Crippen LogP contribution in [-0.2, 0) is 28.7 Å². The van der Waals surface area contributed by atoms with Crippen LogP contribution in [0.1, 0.15) is 47.0 Å². The highest BCUT2D eigenvalue weighted by Gasteiger charge is 2.26. The molecule has 2 amide bonds. The summed E-state index contributed by atoms with van der Waals surface area (Å²) in [4.78, 5) is 46.1. The van der Waals surface area contributed by atoms with Crippen LogP contribution in [0.5, 0.6) is 0 Å². The summed E-state index contributed by atoms with van der Waals surface area (Å²) in [6.45, 7) is 11.0. The van der Waals surface area contributed by atoms with Gasteiger partial charge in [0, 0.05) is 18.4 Å². The molecule has 0 aromatic heterocycles. The number of carbonyl (C=O) groups is 4. The average Bonchev–Trinajstić information content (AvgIpc) is 2.59. The van der Waals surface area contributed by atoms with E-state index < -0.39 is 11.4 Å². The lowest BCUT2D eigenvalue weighted by Gasteiger charge is -2.20. The van der Waals surface area contributed by atoms with E-state index >= 15 is 0 Å². The van der Waals surface area contributed by atoms with Crippen LogP contribution in [0, 0.1) is 5.41 Å². The first-order valence-corrected chi connectivity index (χ1v) is 8.63. The molecule has 26 heavy (non-hydrogen) atoms. The number of carbonyl (C=O) groups excluding carboxylic acids is 4. The van der Waals surface area contributed by atoms with Crippen LogP contribution in [-0.4, -0.2) is 50.1 Å². The number of amides is 2. The Hall–Kier alpha value is -2.38. The maximum absolute atomic E-state index is 11.7. The molecule has 0 aliphatic heterocycles. The van der Waals surface area contributed by atoms with Gasteiger partial charge in [0.25, 0.3) is 0 Å². The van der Waals surface area contributed by atoms with E-state index in [-0.39, 0.29) is 62.5 Å². The van der Waals surface area contributed by atoms with Crippen LogP contribution in [0.25, 0.3) is 0 Å². The molecule has 0 atom stereocenters. The van der Waals surface area contributed by atoms with Crippen molar-refractivity contribution < 1.29 is 28.7 Å². The third-order valence-corrected chi connectivity index (χ3v) is 3.68. The first-order chi connectivity index (χ1) is 12.1. The number of hydrogen-bond acceptors (Lipinski definition) is 6. The molecule has 0 aromatic rings. The predicted octanol–water partition coefficient (Wildman–Crippen LogP) is 1.10. The molecule has 8 nitrogen and oxygen atoms in total. The zero-order valence-corrected chi connectivity index (χ0v) is 16.1. The quantitative estimate of drug-likeness (QED) is 0.302. The fourth-order valence-electron chi connectivity index (χ4n) is 1.54. The van der Waals surface area contributed by atoms with Gasteiger partial charge in [-0.15, -0.1) is 0 Å². The molecule has 0 saturated carbocycles. The van der Waals surface area contributed by atoms with Crippen molar-refractivity contribution in [1.82, 2.24) is 10.6 Å². The van der Waals surface area contributed by atoms with Gasteiger partial charge in [0.15, 0.2) is 0 Å². The summed E-state index contributed by atoms with van der Waals surface area (Å²) in [7, 11) is 0. The van der Waals surface area contributed by atoms with Gasteiger partial charge in [-0.05, 0) is 27.2 Å². The number of nitrogens with one attached hydrogen (secondary N) is 2. The van der Waals surface area contributed by atoms with Crippen molar-refractivity contribution >= 4 is 23.8 Å². The number of ether oxygens (including phenoxy) is 2. The molecular weight excluding hydrogens is 340 g/mol. The van der Waals surface area contributed by atoms with Gasteiger partial charge in [-0.25, -0.2) is 4.79 Å². The maximum Gasteiger partial charge on any atom is 0.333 e. The fraction of sp³-hybridized carbons (Fsp3) is 0.667. The zero-order chi connectivity index (χ0) is 20.2. The van der Waals surface area contributed by atoms with Crippen LogP contribution >= 0.6 is 0 Å². The Morgan fingerprint density at radius 2 is 1.38 bits per heavy atom. The lowest BCUT2D eigenvalue weighted by Crippen LogP contribution is -2.33. The Labute approximate surface area is 154 Å². The first kappa shape index (κ1) is 23.6. The number of rotatable bonds is 12. The fourth-order valence-corrected chi connectivity index (χ4v) is 1.54. The lowest BCUT2D eigenvalue weighted by molar-refractivity contribution is -0.154. The van der Waals surface area contributed by atoms with Crippen LogP contribution in [0.2, 0.25) is 0 Å². The van der Waals surface area contributed by atoms with Gasteiger partial charge in [0.05, 0.1) is 18.5 Å². The molecule has 0 aromatic carbocycles. The van der Waals surface area contributed by atoms with Crippen LogP contribution in [0.3, 0.4) is 0 Å². The molecule has 0 radical (unpaired) electrons. The number of hydrogen-bond donors (Lipinski definition) is 2. The average molecular weight is 370 g/mol. The SMILES string of the molecule is C=C(C)C(=O)OCCNC(=O)CCC(=O)NCCOC(=O)C(C)(C)CC. The monoisotopic (exact) mass is 370 g/mol. The first-order valence-electron chi connectivity index (χ1n) is 8.63. The molecule has 0 spiro atoms. The Balaban J connectivity index is 3.76. The second-order valence-electron chi connectivity index (χ2n) is 6.49. The van der Waals surface area contributed by atoms with Crippen molar-refractivity contribution in [3.8, 4) is 0 Å². The molecule has 0 aliphatic rings. The highest BCUT2D eigenvalue weighted by Crippen LogP contribution is 2.21. The van der Waals surface area contributed by atoms with Gasteiger partial charge in [-0.3, -0.25) is 14.4 Å². The van der Waals surface area contributed by atoms with Gasteiger partial charge in [0.2, 0.25) is 11.8 Å². The predicted molar refractivity (Wildman–Crippen MR) is 96.1 cm³/mol. The van der Waals surface area contributed by atoms with E-state index in [1.54, 1.807) is 13.8 Å². The van der Waals surface area contributed by atoms with Gasteiger partial charge >= 0.3 is 11.9 Å². The molecule has 2 N–H and O–H groups in total. The molecule has 0 rings (SSSR count). The molecule has 0 fully saturated rings. The van der Waals surface area contributed by atoms with Crippen molar-refractivity contribution in [3.05, 3.63) is 12.2 Å². The lowest BCUT2D eigenvalue weighted by atomic mass is 9.91. The standard InChI is InChI=1S/C18H30N2O6/c1-6-18(4,5)17(24)26-12-10-20-15(22)8-7-14(21)19-9-11-25-16(23)13(2)3/h2,6-12H2,1,3-5H3,(H,19,21)(H,20,22). The van der Waals surface area contributed by atoms with E-state index in [1.807, 2.05) is 6.92 Å². The minimum atomic E-state index is -0.541. The zero-order valence-electron chi connectivity index (χ0n) is 16.1. The summed E-state index contributed by atoms with van der Waals surface area (Å²) in [6, 6.07) is 0.